The largest absolute Gasteiger partial charge is 0.330 e. The highest BCUT2D eigenvalue weighted by molar-refractivity contribution is 4.77. The standard InChI is InChI=1S/C10H22N2/c1-9-4-5-10(8-9)12-7-3-2-6-11/h9-10,12H,2-8,11H2,1H3. The van der Waals surface area contributed by atoms with Crippen molar-refractivity contribution in [1.29, 1.82) is 0 Å². The molecule has 0 heterocycles. The van der Waals surface area contributed by atoms with Gasteiger partial charge in [-0.25, -0.2) is 0 Å². The average Bonchev–Trinajstić information content (AvgIpc) is 2.45. The molecule has 1 fully saturated rings. The average molecular weight is 170 g/mol. The van der Waals surface area contributed by atoms with Crippen LogP contribution in [0.5, 0.6) is 0 Å². The minimum absolute atomic E-state index is 0.803. The first kappa shape index (κ1) is 10.0. The molecule has 1 rings (SSSR count). The Kier molecular flexibility index (Phi) is 4.62. The molecule has 1 aliphatic rings. The van der Waals surface area contributed by atoms with E-state index in [1.807, 2.05) is 0 Å². The van der Waals surface area contributed by atoms with Crippen LogP contribution in [-0.4, -0.2) is 19.1 Å². The second kappa shape index (κ2) is 5.55. The Bertz CT molecular complexity index is 114. The maximum atomic E-state index is 5.42. The maximum absolute atomic E-state index is 5.42. The van der Waals surface area contributed by atoms with Crippen LogP contribution in [0.2, 0.25) is 0 Å². The lowest BCUT2D eigenvalue weighted by Gasteiger charge is -2.11. The second-order valence-electron chi connectivity index (χ2n) is 4.07. The molecule has 0 aromatic rings. The molecule has 1 aliphatic carbocycles. The van der Waals surface area contributed by atoms with Crippen molar-refractivity contribution in [1.82, 2.24) is 5.32 Å². The van der Waals surface area contributed by atoms with Gasteiger partial charge in [0.05, 0.1) is 0 Å². The minimum Gasteiger partial charge on any atom is -0.330 e. The summed E-state index contributed by atoms with van der Waals surface area (Å²) in [6.45, 7) is 4.35. The molecular weight excluding hydrogens is 148 g/mol. The molecule has 0 radical (unpaired) electrons. The molecule has 3 N–H and O–H groups in total. The summed E-state index contributed by atoms with van der Waals surface area (Å²) >= 11 is 0. The molecular formula is C10H22N2. The van der Waals surface area contributed by atoms with Gasteiger partial charge in [0.2, 0.25) is 0 Å². The van der Waals surface area contributed by atoms with Gasteiger partial charge in [0.25, 0.3) is 0 Å². The normalized spacial score (nSPS) is 29.5. The predicted octanol–water partition coefficient (Wildman–Crippen LogP) is 1.50. The molecule has 0 aromatic carbocycles. The van der Waals surface area contributed by atoms with Crippen molar-refractivity contribution in [2.24, 2.45) is 11.7 Å². The van der Waals surface area contributed by atoms with Crippen molar-refractivity contribution in [3.8, 4) is 0 Å². The van der Waals surface area contributed by atoms with Gasteiger partial charge >= 0.3 is 0 Å². The second-order valence-corrected chi connectivity index (χ2v) is 4.07. The summed E-state index contributed by atoms with van der Waals surface area (Å²) in [5, 5.41) is 3.59. The smallest absolute Gasteiger partial charge is 0.00696 e. The van der Waals surface area contributed by atoms with Crippen LogP contribution in [0.25, 0.3) is 0 Å². The molecule has 72 valence electrons. The number of nitrogens with two attached hydrogens (primary N) is 1. The highest BCUT2D eigenvalue weighted by Gasteiger charge is 2.19. The monoisotopic (exact) mass is 170 g/mol. The van der Waals surface area contributed by atoms with E-state index in [2.05, 4.69) is 12.2 Å². The van der Waals surface area contributed by atoms with E-state index in [-0.39, 0.29) is 0 Å². The van der Waals surface area contributed by atoms with Crippen LogP contribution in [0.1, 0.15) is 39.0 Å². The summed E-state index contributed by atoms with van der Waals surface area (Å²) in [5.74, 6) is 0.942. The fourth-order valence-corrected chi connectivity index (χ4v) is 1.97. The van der Waals surface area contributed by atoms with Gasteiger partial charge in [-0.3, -0.25) is 0 Å². The lowest BCUT2D eigenvalue weighted by molar-refractivity contribution is 0.492. The molecule has 0 saturated heterocycles. The van der Waals surface area contributed by atoms with Crippen molar-refractivity contribution in [2.75, 3.05) is 13.1 Å². The zero-order chi connectivity index (χ0) is 8.81. The Hall–Kier alpha value is -0.0800. The molecule has 0 aromatic heterocycles. The Balaban J connectivity index is 1.93. The van der Waals surface area contributed by atoms with E-state index in [4.69, 9.17) is 5.73 Å². The van der Waals surface area contributed by atoms with E-state index < -0.39 is 0 Å². The van der Waals surface area contributed by atoms with E-state index in [1.54, 1.807) is 0 Å². The van der Waals surface area contributed by atoms with Gasteiger partial charge in [-0.05, 0) is 51.1 Å². The highest BCUT2D eigenvalue weighted by atomic mass is 14.9. The van der Waals surface area contributed by atoms with Crippen LogP contribution in [0.4, 0.5) is 0 Å². The SMILES string of the molecule is CC1CCC(NCCCCN)C1. The van der Waals surface area contributed by atoms with Gasteiger partial charge in [0.15, 0.2) is 0 Å². The van der Waals surface area contributed by atoms with Crippen LogP contribution in [-0.2, 0) is 0 Å². The Labute approximate surface area is 75.9 Å². The summed E-state index contributed by atoms with van der Waals surface area (Å²) in [7, 11) is 0. The Morgan fingerprint density at radius 1 is 1.33 bits per heavy atom. The van der Waals surface area contributed by atoms with Crippen LogP contribution in [0.3, 0.4) is 0 Å². The van der Waals surface area contributed by atoms with Crippen LogP contribution in [0, 0.1) is 5.92 Å². The van der Waals surface area contributed by atoms with Gasteiger partial charge in [-0.1, -0.05) is 6.92 Å². The zero-order valence-corrected chi connectivity index (χ0v) is 8.18. The first-order chi connectivity index (χ1) is 5.83. The van der Waals surface area contributed by atoms with E-state index in [9.17, 15) is 0 Å². The number of hydrogen-bond acceptors (Lipinski definition) is 2. The summed E-state index contributed by atoms with van der Waals surface area (Å²) < 4.78 is 0. The third-order valence-corrected chi connectivity index (χ3v) is 2.76. The lowest BCUT2D eigenvalue weighted by atomic mass is 10.1. The fourth-order valence-electron chi connectivity index (χ4n) is 1.97. The van der Waals surface area contributed by atoms with Crippen LogP contribution in [0.15, 0.2) is 0 Å². The summed E-state index contributed by atoms with van der Waals surface area (Å²) in [4.78, 5) is 0. The van der Waals surface area contributed by atoms with Gasteiger partial charge in [0, 0.05) is 6.04 Å². The number of rotatable bonds is 5. The van der Waals surface area contributed by atoms with Gasteiger partial charge < -0.3 is 11.1 Å². The number of hydrogen-bond donors (Lipinski definition) is 2. The van der Waals surface area contributed by atoms with E-state index >= 15 is 0 Å². The predicted molar refractivity (Wildman–Crippen MR) is 53.1 cm³/mol. The van der Waals surface area contributed by atoms with Crippen LogP contribution >= 0.6 is 0 Å². The third kappa shape index (κ3) is 3.55. The van der Waals surface area contributed by atoms with Crippen molar-refractivity contribution in [3.63, 3.8) is 0 Å². The molecule has 0 bridgehead atoms. The molecule has 2 atom stereocenters. The molecule has 0 spiro atoms. The first-order valence-electron chi connectivity index (χ1n) is 5.26. The van der Waals surface area contributed by atoms with E-state index in [0.717, 1.165) is 31.5 Å². The summed E-state index contributed by atoms with van der Waals surface area (Å²) in [5.41, 5.74) is 5.42. The van der Waals surface area contributed by atoms with Crippen molar-refractivity contribution in [2.45, 2.75) is 45.1 Å². The topological polar surface area (TPSA) is 38.0 Å². The maximum Gasteiger partial charge on any atom is 0.00696 e. The Morgan fingerprint density at radius 2 is 2.17 bits per heavy atom. The molecule has 2 unspecified atom stereocenters. The van der Waals surface area contributed by atoms with Crippen LogP contribution < -0.4 is 11.1 Å². The van der Waals surface area contributed by atoms with Gasteiger partial charge in [-0.2, -0.15) is 0 Å². The molecule has 0 aliphatic heterocycles. The number of nitrogens with one attached hydrogen (secondary N) is 1. The fraction of sp³-hybridized carbons (Fsp3) is 1.00. The van der Waals surface area contributed by atoms with Crippen molar-refractivity contribution in [3.05, 3.63) is 0 Å². The van der Waals surface area contributed by atoms with Gasteiger partial charge in [-0.15, -0.1) is 0 Å². The third-order valence-electron chi connectivity index (χ3n) is 2.76. The van der Waals surface area contributed by atoms with E-state index in [0.29, 0.717) is 0 Å². The first-order valence-corrected chi connectivity index (χ1v) is 5.26. The van der Waals surface area contributed by atoms with E-state index in [1.165, 1.54) is 25.7 Å². The molecule has 2 nitrogen and oxygen atoms in total. The van der Waals surface area contributed by atoms with Gasteiger partial charge in [0.1, 0.15) is 0 Å². The lowest BCUT2D eigenvalue weighted by Crippen LogP contribution is -2.27. The number of unbranched alkanes of at least 4 members (excludes halogenated alkanes) is 1. The summed E-state index contributed by atoms with van der Waals surface area (Å²) in [6, 6.07) is 0.803. The van der Waals surface area contributed by atoms with Crippen molar-refractivity contribution >= 4 is 0 Å². The summed E-state index contributed by atoms with van der Waals surface area (Å²) in [6.07, 6.45) is 6.57. The van der Waals surface area contributed by atoms with Crippen molar-refractivity contribution < 1.29 is 0 Å². The Morgan fingerprint density at radius 3 is 2.75 bits per heavy atom. The quantitative estimate of drug-likeness (QED) is 0.614. The zero-order valence-electron chi connectivity index (χ0n) is 8.18. The molecule has 12 heavy (non-hydrogen) atoms. The molecule has 0 amide bonds. The molecule has 1 saturated carbocycles. The minimum atomic E-state index is 0.803. The highest BCUT2D eigenvalue weighted by Crippen LogP contribution is 2.24. The molecule has 2 heteroatoms.